The molecule has 0 radical (unpaired) electrons. The van der Waals surface area contributed by atoms with Crippen molar-refractivity contribution in [3.05, 3.63) is 0 Å². The maximum absolute atomic E-state index is 11.0. The van der Waals surface area contributed by atoms with Crippen molar-refractivity contribution in [3.8, 4) is 0 Å². The molecule has 0 aromatic carbocycles. The van der Waals surface area contributed by atoms with Crippen LogP contribution in [-0.4, -0.2) is 36.9 Å². The van der Waals surface area contributed by atoms with E-state index in [9.17, 15) is 9.90 Å². The summed E-state index contributed by atoms with van der Waals surface area (Å²) in [6.45, 7) is 6.91. The fourth-order valence-electron chi connectivity index (χ4n) is 1.53. The number of ether oxygens (including phenoxy) is 1. The minimum Gasteiger partial charge on any atom is -0.465 e. The molecule has 0 rings (SSSR count). The van der Waals surface area contributed by atoms with Crippen LogP contribution >= 0.6 is 0 Å². The monoisotopic (exact) mass is 217 g/mol. The van der Waals surface area contributed by atoms with Gasteiger partial charge in [0, 0.05) is 6.54 Å². The minimum absolute atomic E-state index is 0.172. The van der Waals surface area contributed by atoms with E-state index >= 15 is 0 Å². The Kier molecular flexibility index (Phi) is 8.33. The van der Waals surface area contributed by atoms with Gasteiger partial charge < -0.3 is 15.2 Å². The van der Waals surface area contributed by atoms with Gasteiger partial charge >= 0.3 is 5.97 Å². The molecule has 0 saturated carbocycles. The van der Waals surface area contributed by atoms with Gasteiger partial charge in [0.25, 0.3) is 0 Å². The summed E-state index contributed by atoms with van der Waals surface area (Å²) in [6.07, 6.45) is 1.53. The number of hydrogen-bond acceptors (Lipinski definition) is 4. The molecule has 1 unspecified atom stereocenters. The van der Waals surface area contributed by atoms with Crippen molar-refractivity contribution in [1.29, 1.82) is 0 Å². The summed E-state index contributed by atoms with van der Waals surface area (Å²) in [5.74, 6) is 0.0361. The molecular weight excluding hydrogens is 194 g/mol. The zero-order valence-corrected chi connectivity index (χ0v) is 9.95. The average Bonchev–Trinajstić information content (AvgIpc) is 2.20. The molecule has 4 nitrogen and oxygen atoms in total. The summed E-state index contributed by atoms with van der Waals surface area (Å²) in [7, 11) is 0. The largest absolute Gasteiger partial charge is 0.465 e. The van der Waals surface area contributed by atoms with Crippen molar-refractivity contribution in [3.63, 3.8) is 0 Å². The van der Waals surface area contributed by atoms with E-state index in [0.29, 0.717) is 19.1 Å². The Morgan fingerprint density at radius 3 is 2.40 bits per heavy atom. The highest BCUT2D eigenvalue weighted by Gasteiger charge is 2.15. The Bertz CT molecular complexity index is 169. The molecule has 2 N–H and O–H groups in total. The maximum atomic E-state index is 11.0. The van der Waals surface area contributed by atoms with E-state index in [0.717, 1.165) is 12.8 Å². The molecule has 4 heteroatoms. The number of aliphatic hydroxyl groups excluding tert-OH is 1. The van der Waals surface area contributed by atoms with Crippen molar-refractivity contribution in [2.45, 2.75) is 39.7 Å². The summed E-state index contributed by atoms with van der Waals surface area (Å²) < 4.78 is 4.75. The summed E-state index contributed by atoms with van der Waals surface area (Å²) in [6, 6.07) is 0. The first-order valence-electron chi connectivity index (χ1n) is 5.70. The van der Waals surface area contributed by atoms with Gasteiger partial charge in [0.2, 0.25) is 0 Å². The Labute approximate surface area is 92.0 Å². The van der Waals surface area contributed by atoms with E-state index in [4.69, 9.17) is 4.74 Å². The predicted octanol–water partition coefficient (Wildman–Crippen LogP) is 0.936. The van der Waals surface area contributed by atoms with Crippen LogP contribution in [0.4, 0.5) is 0 Å². The van der Waals surface area contributed by atoms with Gasteiger partial charge in [-0.1, -0.05) is 26.7 Å². The third-order valence-electron chi connectivity index (χ3n) is 2.52. The predicted molar refractivity (Wildman–Crippen MR) is 59.6 cm³/mol. The molecule has 0 heterocycles. The van der Waals surface area contributed by atoms with Crippen LogP contribution in [0.15, 0.2) is 0 Å². The molecule has 90 valence electrons. The molecule has 0 aliphatic rings. The van der Waals surface area contributed by atoms with E-state index in [1.54, 1.807) is 6.92 Å². The van der Waals surface area contributed by atoms with E-state index in [1.807, 2.05) is 0 Å². The van der Waals surface area contributed by atoms with Crippen molar-refractivity contribution in [2.75, 3.05) is 19.7 Å². The van der Waals surface area contributed by atoms with Gasteiger partial charge in [-0.25, -0.2) is 0 Å². The van der Waals surface area contributed by atoms with Gasteiger partial charge in [0.15, 0.2) is 0 Å². The zero-order valence-electron chi connectivity index (χ0n) is 9.95. The normalized spacial score (nSPS) is 12.9. The lowest BCUT2D eigenvalue weighted by Gasteiger charge is -2.20. The first kappa shape index (κ1) is 14.4. The lowest BCUT2D eigenvalue weighted by atomic mass is 9.97. The van der Waals surface area contributed by atoms with Crippen LogP contribution in [-0.2, 0) is 9.53 Å². The Balaban J connectivity index is 3.61. The van der Waals surface area contributed by atoms with Gasteiger partial charge in [-0.05, 0) is 12.8 Å². The van der Waals surface area contributed by atoms with Crippen molar-refractivity contribution in [2.24, 2.45) is 5.92 Å². The highest BCUT2D eigenvalue weighted by Crippen LogP contribution is 2.11. The van der Waals surface area contributed by atoms with Crippen LogP contribution in [0.3, 0.4) is 0 Å². The highest BCUT2D eigenvalue weighted by atomic mass is 16.5. The molecule has 0 amide bonds. The molecule has 0 spiro atoms. The van der Waals surface area contributed by atoms with Crippen LogP contribution in [0.1, 0.15) is 33.6 Å². The van der Waals surface area contributed by atoms with Gasteiger partial charge in [0.05, 0.1) is 19.3 Å². The van der Waals surface area contributed by atoms with E-state index in [-0.39, 0.29) is 18.6 Å². The second kappa shape index (κ2) is 8.68. The zero-order chi connectivity index (χ0) is 11.7. The molecule has 0 saturated heterocycles. The Hall–Kier alpha value is -0.610. The Morgan fingerprint density at radius 1 is 1.33 bits per heavy atom. The Morgan fingerprint density at radius 2 is 1.93 bits per heavy atom. The van der Waals surface area contributed by atoms with Crippen molar-refractivity contribution < 1.29 is 14.6 Å². The van der Waals surface area contributed by atoms with Crippen LogP contribution in [0.5, 0.6) is 0 Å². The molecule has 0 aliphatic heterocycles. The second-order valence-electron chi connectivity index (χ2n) is 3.58. The third-order valence-corrected chi connectivity index (χ3v) is 2.52. The molecule has 0 aromatic rings. The summed E-state index contributed by atoms with van der Waals surface area (Å²) >= 11 is 0. The SMILES string of the molecule is CCOC(=O)CNCC(O)C(CC)CC. The van der Waals surface area contributed by atoms with Gasteiger partial charge in [-0.2, -0.15) is 0 Å². The summed E-state index contributed by atoms with van der Waals surface area (Å²) in [4.78, 5) is 11.0. The highest BCUT2D eigenvalue weighted by molar-refractivity contribution is 5.71. The smallest absolute Gasteiger partial charge is 0.319 e. The molecule has 0 aromatic heterocycles. The molecule has 1 atom stereocenters. The first-order valence-corrected chi connectivity index (χ1v) is 5.70. The van der Waals surface area contributed by atoms with Gasteiger partial charge in [0.1, 0.15) is 0 Å². The maximum Gasteiger partial charge on any atom is 0.319 e. The molecule has 0 aliphatic carbocycles. The van der Waals surface area contributed by atoms with Crippen molar-refractivity contribution in [1.82, 2.24) is 5.32 Å². The number of aliphatic hydroxyl groups is 1. The number of carbonyl (C=O) groups is 1. The van der Waals surface area contributed by atoms with Crippen LogP contribution < -0.4 is 5.32 Å². The molecule has 0 bridgehead atoms. The fourth-order valence-corrected chi connectivity index (χ4v) is 1.53. The minimum atomic E-state index is -0.380. The van der Waals surface area contributed by atoms with E-state index < -0.39 is 0 Å². The number of esters is 1. The number of hydrogen-bond donors (Lipinski definition) is 2. The quantitative estimate of drug-likeness (QED) is 0.594. The standard InChI is InChI=1S/C11H23NO3/c1-4-9(5-2)10(13)7-12-8-11(14)15-6-3/h9-10,12-13H,4-8H2,1-3H3. The average molecular weight is 217 g/mol. The number of nitrogens with one attached hydrogen (secondary N) is 1. The van der Waals surface area contributed by atoms with Crippen LogP contribution in [0, 0.1) is 5.92 Å². The molecule has 0 fully saturated rings. The van der Waals surface area contributed by atoms with Crippen LogP contribution in [0.2, 0.25) is 0 Å². The summed E-state index contributed by atoms with van der Waals surface area (Å²) in [5, 5.41) is 12.6. The number of carbonyl (C=O) groups excluding carboxylic acids is 1. The first-order chi connectivity index (χ1) is 7.15. The fraction of sp³-hybridized carbons (Fsp3) is 0.909. The lowest BCUT2D eigenvalue weighted by Crippen LogP contribution is -2.35. The van der Waals surface area contributed by atoms with Crippen molar-refractivity contribution >= 4 is 5.97 Å². The molecular formula is C11H23NO3. The lowest BCUT2D eigenvalue weighted by molar-refractivity contribution is -0.142. The van der Waals surface area contributed by atoms with E-state index in [1.165, 1.54) is 0 Å². The van der Waals surface area contributed by atoms with Gasteiger partial charge in [-0.3, -0.25) is 4.79 Å². The van der Waals surface area contributed by atoms with Gasteiger partial charge in [-0.15, -0.1) is 0 Å². The molecule has 15 heavy (non-hydrogen) atoms. The second-order valence-corrected chi connectivity index (χ2v) is 3.58. The van der Waals surface area contributed by atoms with E-state index in [2.05, 4.69) is 19.2 Å². The third kappa shape index (κ3) is 6.47. The van der Waals surface area contributed by atoms with Crippen LogP contribution in [0.25, 0.3) is 0 Å². The summed E-state index contributed by atoms with van der Waals surface area (Å²) in [5.41, 5.74) is 0. The topological polar surface area (TPSA) is 58.6 Å². The number of rotatable bonds is 8.